The molecule has 0 atom stereocenters. The molecule has 1 saturated heterocycles. The monoisotopic (exact) mass is 345 g/mol. The standard InChI is InChI=1S/C15H15N5O3S/c1-9-13(24-19-18-9)14(21)17-15-16-11-8-10(2-3-12(11)23-15)20-4-6-22-7-5-20/h2-3,8H,4-7H2,1H3,(H,16,17,21). The Balaban J connectivity index is 1.56. The molecule has 0 aliphatic carbocycles. The van der Waals surface area contributed by atoms with Gasteiger partial charge in [-0.1, -0.05) is 4.49 Å². The lowest BCUT2D eigenvalue weighted by Gasteiger charge is -2.28. The molecule has 0 radical (unpaired) electrons. The lowest BCUT2D eigenvalue weighted by Crippen LogP contribution is -2.36. The molecule has 0 saturated carbocycles. The molecule has 1 aliphatic heterocycles. The van der Waals surface area contributed by atoms with Gasteiger partial charge in [-0.3, -0.25) is 10.1 Å². The molecule has 0 spiro atoms. The van der Waals surface area contributed by atoms with Crippen molar-refractivity contribution in [2.45, 2.75) is 6.92 Å². The van der Waals surface area contributed by atoms with Crippen LogP contribution in [0.15, 0.2) is 22.6 Å². The van der Waals surface area contributed by atoms with Crippen molar-refractivity contribution in [1.82, 2.24) is 14.6 Å². The van der Waals surface area contributed by atoms with Crippen LogP contribution in [0.1, 0.15) is 15.4 Å². The molecule has 3 heterocycles. The third-order valence-corrected chi connectivity index (χ3v) is 4.65. The Labute approximate surface area is 141 Å². The summed E-state index contributed by atoms with van der Waals surface area (Å²) < 4.78 is 14.7. The number of amides is 1. The molecular formula is C15H15N5O3S. The van der Waals surface area contributed by atoms with Crippen LogP contribution in [0, 0.1) is 6.92 Å². The van der Waals surface area contributed by atoms with Gasteiger partial charge in [0, 0.05) is 18.8 Å². The van der Waals surface area contributed by atoms with E-state index >= 15 is 0 Å². The summed E-state index contributed by atoms with van der Waals surface area (Å²) in [6.07, 6.45) is 0. The average molecular weight is 345 g/mol. The number of ether oxygens (including phenoxy) is 1. The van der Waals surface area contributed by atoms with E-state index in [1.54, 1.807) is 6.92 Å². The molecule has 4 rings (SSSR count). The van der Waals surface area contributed by atoms with E-state index in [4.69, 9.17) is 9.15 Å². The van der Waals surface area contributed by atoms with Crippen LogP contribution in [0.4, 0.5) is 11.7 Å². The van der Waals surface area contributed by atoms with Crippen LogP contribution >= 0.6 is 11.5 Å². The number of hydrogen-bond donors (Lipinski definition) is 1. The maximum Gasteiger partial charge on any atom is 0.302 e. The first-order valence-corrected chi connectivity index (χ1v) is 8.31. The first kappa shape index (κ1) is 15.0. The number of fused-ring (bicyclic) bond motifs is 1. The minimum atomic E-state index is -0.317. The van der Waals surface area contributed by atoms with Crippen LogP contribution in [-0.4, -0.2) is 46.8 Å². The lowest BCUT2D eigenvalue weighted by atomic mass is 10.2. The Morgan fingerprint density at radius 1 is 1.33 bits per heavy atom. The number of benzene rings is 1. The molecule has 1 fully saturated rings. The number of rotatable bonds is 3. The number of hydrogen-bond acceptors (Lipinski definition) is 8. The Morgan fingerprint density at radius 2 is 2.17 bits per heavy atom. The highest BCUT2D eigenvalue weighted by Crippen LogP contribution is 2.25. The van der Waals surface area contributed by atoms with Crippen molar-refractivity contribution in [3.63, 3.8) is 0 Å². The van der Waals surface area contributed by atoms with Crippen LogP contribution in [0.2, 0.25) is 0 Å². The van der Waals surface area contributed by atoms with Crippen molar-refractivity contribution in [1.29, 1.82) is 0 Å². The fourth-order valence-electron chi connectivity index (χ4n) is 2.58. The van der Waals surface area contributed by atoms with Crippen molar-refractivity contribution in [2.75, 3.05) is 36.5 Å². The minimum absolute atomic E-state index is 0.168. The van der Waals surface area contributed by atoms with E-state index in [0.29, 0.717) is 21.7 Å². The topological polar surface area (TPSA) is 93.4 Å². The van der Waals surface area contributed by atoms with Crippen molar-refractivity contribution in [3.05, 3.63) is 28.8 Å². The summed E-state index contributed by atoms with van der Waals surface area (Å²) in [5.41, 5.74) is 2.98. The van der Waals surface area contributed by atoms with E-state index in [1.807, 2.05) is 18.2 Å². The number of oxazole rings is 1. The van der Waals surface area contributed by atoms with Crippen LogP contribution in [0.3, 0.4) is 0 Å². The van der Waals surface area contributed by atoms with Crippen LogP contribution in [-0.2, 0) is 4.74 Å². The number of carbonyl (C=O) groups is 1. The summed E-state index contributed by atoms with van der Waals surface area (Å²) in [6, 6.07) is 5.98. The van der Waals surface area contributed by atoms with Crippen LogP contribution in [0.25, 0.3) is 11.1 Å². The van der Waals surface area contributed by atoms with E-state index in [2.05, 4.69) is 24.8 Å². The number of morpholine rings is 1. The van der Waals surface area contributed by atoms with Gasteiger partial charge in [0.25, 0.3) is 5.91 Å². The summed E-state index contributed by atoms with van der Waals surface area (Å²) in [6.45, 7) is 4.88. The predicted molar refractivity (Wildman–Crippen MR) is 89.6 cm³/mol. The van der Waals surface area contributed by atoms with Crippen LogP contribution in [0.5, 0.6) is 0 Å². The van der Waals surface area contributed by atoms with Gasteiger partial charge in [0.2, 0.25) is 0 Å². The smallest absolute Gasteiger partial charge is 0.302 e. The molecule has 3 aromatic rings. The fourth-order valence-corrected chi connectivity index (χ4v) is 3.13. The van der Waals surface area contributed by atoms with Gasteiger partial charge in [0.15, 0.2) is 5.58 Å². The van der Waals surface area contributed by atoms with Gasteiger partial charge >= 0.3 is 6.01 Å². The Morgan fingerprint density at radius 3 is 2.92 bits per heavy atom. The second kappa shape index (κ2) is 6.17. The summed E-state index contributed by atoms with van der Waals surface area (Å²) in [5.74, 6) is -0.317. The zero-order chi connectivity index (χ0) is 16.5. The van der Waals surface area contributed by atoms with Gasteiger partial charge in [-0.05, 0) is 36.7 Å². The van der Waals surface area contributed by atoms with Crippen molar-refractivity contribution >= 4 is 40.2 Å². The van der Waals surface area contributed by atoms with Gasteiger partial charge < -0.3 is 14.1 Å². The first-order chi connectivity index (χ1) is 11.7. The second-order valence-corrected chi connectivity index (χ2v) is 6.17. The third-order valence-electron chi connectivity index (χ3n) is 3.83. The average Bonchev–Trinajstić information content (AvgIpc) is 3.20. The molecule has 1 aromatic carbocycles. The molecule has 1 amide bonds. The number of nitrogens with one attached hydrogen (secondary N) is 1. The van der Waals surface area contributed by atoms with E-state index in [9.17, 15) is 4.79 Å². The van der Waals surface area contributed by atoms with E-state index < -0.39 is 0 Å². The molecule has 9 heteroatoms. The first-order valence-electron chi connectivity index (χ1n) is 7.54. The maximum atomic E-state index is 12.2. The van der Waals surface area contributed by atoms with Gasteiger partial charge in [0.1, 0.15) is 10.4 Å². The summed E-state index contributed by atoms with van der Waals surface area (Å²) in [7, 11) is 0. The van der Waals surface area contributed by atoms with E-state index in [0.717, 1.165) is 43.5 Å². The number of nitrogens with zero attached hydrogens (tertiary/aromatic N) is 4. The molecule has 1 N–H and O–H groups in total. The zero-order valence-electron chi connectivity index (χ0n) is 13.0. The molecule has 0 unspecified atom stereocenters. The zero-order valence-corrected chi connectivity index (χ0v) is 13.8. The predicted octanol–water partition coefficient (Wildman–Crippen LogP) is 2.08. The summed E-state index contributed by atoms with van der Waals surface area (Å²) >= 11 is 1.04. The molecule has 24 heavy (non-hydrogen) atoms. The normalized spacial score (nSPS) is 15.0. The van der Waals surface area contributed by atoms with E-state index in [1.165, 1.54) is 0 Å². The number of anilines is 2. The van der Waals surface area contributed by atoms with Crippen molar-refractivity contribution < 1.29 is 13.9 Å². The summed E-state index contributed by atoms with van der Waals surface area (Å²) in [4.78, 5) is 19.2. The molecular weight excluding hydrogens is 330 g/mol. The second-order valence-electron chi connectivity index (χ2n) is 5.41. The maximum absolute atomic E-state index is 12.2. The molecule has 0 bridgehead atoms. The number of carbonyl (C=O) groups excluding carboxylic acids is 1. The number of aryl methyl sites for hydroxylation is 1. The Bertz CT molecular complexity index is 884. The highest BCUT2D eigenvalue weighted by molar-refractivity contribution is 7.08. The third kappa shape index (κ3) is 2.83. The quantitative estimate of drug-likeness (QED) is 0.776. The lowest BCUT2D eigenvalue weighted by molar-refractivity contribution is 0.102. The minimum Gasteiger partial charge on any atom is -0.423 e. The highest BCUT2D eigenvalue weighted by Gasteiger charge is 2.17. The van der Waals surface area contributed by atoms with Gasteiger partial charge in [-0.15, -0.1) is 5.10 Å². The summed E-state index contributed by atoms with van der Waals surface area (Å²) in [5, 5.41) is 6.48. The molecule has 124 valence electrons. The number of aromatic nitrogens is 3. The van der Waals surface area contributed by atoms with Gasteiger partial charge in [0.05, 0.1) is 18.9 Å². The Hall–Kier alpha value is -2.52. The van der Waals surface area contributed by atoms with E-state index in [-0.39, 0.29) is 11.9 Å². The van der Waals surface area contributed by atoms with Gasteiger partial charge in [-0.25, -0.2) is 0 Å². The Kier molecular flexibility index (Phi) is 3.87. The van der Waals surface area contributed by atoms with Gasteiger partial charge in [-0.2, -0.15) is 4.98 Å². The van der Waals surface area contributed by atoms with Crippen molar-refractivity contribution in [2.24, 2.45) is 0 Å². The molecule has 8 nitrogen and oxygen atoms in total. The largest absolute Gasteiger partial charge is 0.423 e. The SMILES string of the molecule is Cc1nnsc1C(=O)Nc1nc2cc(N3CCOCC3)ccc2o1. The molecule has 2 aromatic heterocycles. The molecule has 1 aliphatic rings. The fraction of sp³-hybridized carbons (Fsp3) is 0.333. The highest BCUT2D eigenvalue weighted by atomic mass is 32.1. The van der Waals surface area contributed by atoms with Crippen molar-refractivity contribution in [3.8, 4) is 0 Å². The van der Waals surface area contributed by atoms with Crippen LogP contribution < -0.4 is 10.2 Å².